The molecule has 0 saturated carbocycles. The highest BCUT2D eigenvalue weighted by Crippen LogP contribution is 2.25. The zero-order chi connectivity index (χ0) is 22.2. The largest absolute Gasteiger partial charge is 0.492 e. The Bertz CT molecular complexity index is 816. The average Bonchev–Trinajstić information content (AvgIpc) is 2.81. The van der Waals surface area contributed by atoms with Gasteiger partial charge in [-0.15, -0.1) is 0 Å². The Kier molecular flexibility index (Phi) is 7.91. The minimum Gasteiger partial charge on any atom is -0.492 e. The van der Waals surface area contributed by atoms with Gasteiger partial charge in [0.1, 0.15) is 18.2 Å². The van der Waals surface area contributed by atoms with Gasteiger partial charge in [0.25, 0.3) is 0 Å². The fraction of sp³-hybridized carbons (Fsp3) is 0.583. The van der Waals surface area contributed by atoms with E-state index in [1.54, 1.807) is 18.6 Å². The molecule has 0 unspecified atom stereocenters. The molecule has 3 heterocycles. The highest BCUT2D eigenvalue weighted by molar-refractivity contribution is 5.36. The summed E-state index contributed by atoms with van der Waals surface area (Å²) in [5, 5.41) is 11.2. The van der Waals surface area contributed by atoms with Crippen molar-refractivity contribution in [1.29, 1.82) is 0 Å². The summed E-state index contributed by atoms with van der Waals surface area (Å²) in [5.74, 6) is 1.73. The first kappa shape index (κ1) is 22.9. The van der Waals surface area contributed by atoms with E-state index >= 15 is 0 Å². The molecule has 0 bridgehead atoms. The summed E-state index contributed by atoms with van der Waals surface area (Å²) in [5.41, 5.74) is 0.450. The Labute approximate surface area is 190 Å². The number of hydrogen-bond donors (Lipinski definition) is 1. The van der Waals surface area contributed by atoms with Gasteiger partial charge >= 0.3 is 0 Å². The third kappa shape index (κ3) is 6.62. The molecule has 32 heavy (non-hydrogen) atoms. The van der Waals surface area contributed by atoms with E-state index in [2.05, 4.69) is 43.8 Å². The monoisotopic (exact) mass is 441 g/mol. The van der Waals surface area contributed by atoms with Crippen LogP contribution in [-0.2, 0) is 11.3 Å². The van der Waals surface area contributed by atoms with Crippen LogP contribution in [-0.4, -0.2) is 96.6 Å². The van der Waals surface area contributed by atoms with E-state index in [0.717, 1.165) is 70.3 Å². The van der Waals surface area contributed by atoms with Crippen LogP contribution in [0.25, 0.3) is 0 Å². The first-order chi connectivity index (χ1) is 15.6. The van der Waals surface area contributed by atoms with E-state index in [4.69, 9.17) is 9.47 Å². The average molecular weight is 442 g/mol. The maximum atomic E-state index is 11.2. The van der Waals surface area contributed by atoms with Gasteiger partial charge in [-0.25, -0.2) is 4.98 Å². The molecule has 8 nitrogen and oxygen atoms in total. The molecule has 1 aromatic carbocycles. The highest BCUT2D eigenvalue weighted by Gasteiger charge is 2.34. The standard InChI is InChI=1S/C24H35N5O3/c1-27(19-24(30)7-2-10-29(20-24)23-17-25-8-9-26-23)18-21-3-5-22(6-4-21)32-16-13-28-11-14-31-15-12-28/h3-6,8-9,17,30H,2,7,10-16,18-20H2,1H3/t24-/m0/s1. The summed E-state index contributed by atoms with van der Waals surface area (Å²) in [6.07, 6.45) is 6.88. The second-order valence-electron chi connectivity index (χ2n) is 8.93. The quantitative estimate of drug-likeness (QED) is 0.630. The van der Waals surface area contributed by atoms with Crippen LogP contribution in [0, 0.1) is 0 Å². The van der Waals surface area contributed by atoms with E-state index in [1.165, 1.54) is 5.56 Å². The number of rotatable bonds is 9. The lowest BCUT2D eigenvalue weighted by molar-refractivity contribution is -0.00349. The fourth-order valence-electron chi connectivity index (χ4n) is 4.57. The van der Waals surface area contributed by atoms with Gasteiger partial charge in [0.2, 0.25) is 0 Å². The van der Waals surface area contributed by atoms with Crippen molar-refractivity contribution in [3.63, 3.8) is 0 Å². The molecule has 174 valence electrons. The SMILES string of the molecule is CN(Cc1ccc(OCCN2CCOCC2)cc1)C[C@@]1(O)CCCN(c2cnccn2)C1. The van der Waals surface area contributed by atoms with Crippen molar-refractivity contribution in [1.82, 2.24) is 19.8 Å². The van der Waals surface area contributed by atoms with Gasteiger partial charge in [0, 0.05) is 58.2 Å². The minimum atomic E-state index is -0.757. The Morgan fingerprint density at radius 2 is 1.97 bits per heavy atom. The summed E-state index contributed by atoms with van der Waals surface area (Å²) in [6.45, 7) is 8.08. The van der Waals surface area contributed by atoms with Gasteiger partial charge < -0.3 is 19.5 Å². The van der Waals surface area contributed by atoms with Gasteiger partial charge in [-0.1, -0.05) is 12.1 Å². The number of morpholine rings is 1. The number of nitrogens with zero attached hydrogens (tertiary/aromatic N) is 5. The lowest BCUT2D eigenvalue weighted by atomic mass is 9.92. The van der Waals surface area contributed by atoms with Crippen molar-refractivity contribution in [3.8, 4) is 5.75 Å². The molecule has 1 N–H and O–H groups in total. The van der Waals surface area contributed by atoms with Crippen LogP contribution in [0.4, 0.5) is 5.82 Å². The number of aromatic nitrogens is 2. The number of benzene rings is 1. The second kappa shape index (κ2) is 11.0. The van der Waals surface area contributed by atoms with E-state index < -0.39 is 5.60 Å². The topological polar surface area (TPSA) is 74.2 Å². The predicted octanol–water partition coefficient (Wildman–Crippen LogP) is 1.65. The van der Waals surface area contributed by atoms with Crippen molar-refractivity contribution >= 4 is 5.82 Å². The molecule has 2 fully saturated rings. The summed E-state index contributed by atoms with van der Waals surface area (Å²) in [7, 11) is 2.06. The first-order valence-electron chi connectivity index (χ1n) is 11.5. The maximum Gasteiger partial charge on any atom is 0.147 e. The Morgan fingerprint density at radius 3 is 2.72 bits per heavy atom. The molecule has 2 aliphatic rings. The second-order valence-corrected chi connectivity index (χ2v) is 8.93. The molecule has 0 spiro atoms. The van der Waals surface area contributed by atoms with Gasteiger partial charge in [0.05, 0.1) is 25.0 Å². The normalized spacial score (nSPS) is 22.3. The zero-order valence-electron chi connectivity index (χ0n) is 19.0. The van der Waals surface area contributed by atoms with Crippen LogP contribution in [0.1, 0.15) is 18.4 Å². The molecular formula is C24H35N5O3. The van der Waals surface area contributed by atoms with E-state index in [9.17, 15) is 5.11 Å². The zero-order valence-corrected chi connectivity index (χ0v) is 19.0. The highest BCUT2D eigenvalue weighted by atomic mass is 16.5. The van der Waals surface area contributed by atoms with Gasteiger partial charge in [-0.05, 0) is 37.6 Å². The van der Waals surface area contributed by atoms with Crippen LogP contribution < -0.4 is 9.64 Å². The molecule has 2 saturated heterocycles. The van der Waals surface area contributed by atoms with Crippen LogP contribution in [0.3, 0.4) is 0 Å². The third-order valence-corrected chi connectivity index (χ3v) is 6.15. The molecule has 0 radical (unpaired) electrons. The Hall–Kier alpha value is -2.26. The van der Waals surface area contributed by atoms with Gasteiger partial charge in [-0.2, -0.15) is 0 Å². The van der Waals surface area contributed by atoms with Crippen molar-refractivity contribution < 1.29 is 14.6 Å². The number of piperidine rings is 1. The van der Waals surface area contributed by atoms with E-state index in [0.29, 0.717) is 19.7 Å². The van der Waals surface area contributed by atoms with Gasteiger partial charge in [0.15, 0.2) is 0 Å². The summed E-state index contributed by atoms with van der Waals surface area (Å²) < 4.78 is 11.3. The maximum absolute atomic E-state index is 11.2. The summed E-state index contributed by atoms with van der Waals surface area (Å²) in [6, 6.07) is 8.29. The molecule has 1 atom stereocenters. The van der Waals surface area contributed by atoms with Crippen molar-refractivity contribution in [3.05, 3.63) is 48.4 Å². The van der Waals surface area contributed by atoms with Crippen LogP contribution in [0.2, 0.25) is 0 Å². The number of likely N-dealkylation sites (N-methyl/N-ethyl adjacent to an activating group) is 1. The number of β-amino-alcohol motifs (C(OH)–C–C–N with tert-alkyl or cyclic N) is 1. The molecule has 4 rings (SSSR count). The molecule has 0 amide bonds. The minimum absolute atomic E-state index is 0.575. The summed E-state index contributed by atoms with van der Waals surface area (Å²) >= 11 is 0. The van der Waals surface area contributed by atoms with Crippen LogP contribution in [0.15, 0.2) is 42.9 Å². The van der Waals surface area contributed by atoms with Gasteiger partial charge in [-0.3, -0.25) is 14.8 Å². The Balaban J connectivity index is 1.23. The van der Waals surface area contributed by atoms with Crippen molar-refractivity contribution in [2.24, 2.45) is 0 Å². The number of hydrogen-bond acceptors (Lipinski definition) is 8. The lowest BCUT2D eigenvalue weighted by Gasteiger charge is -2.41. The van der Waals surface area contributed by atoms with Crippen LogP contribution >= 0.6 is 0 Å². The van der Waals surface area contributed by atoms with Crippen molar-refractivity contribution in [2.75, 3.05) is 71.0 Å². The van der Waals surface area contributed by atoms with E-state index in [1.807, 2.05) is 12.1 Å². The molecule has 0 aliphatic carbocycles. The van der Waals surface area contributed by atoms with Crippen molar-refractivity contribution in [2.45, 2.75) is 25.0 Å². The Morgan fingerprint density at radius 1 is 1.16 bits per heavy atom. The lowest BCUT2D eigenvalue weighted by Crippen LogP contribution is -2.54. The first-order valence-corrected chi connectivity index (χ1v) is 11.5. The molecule has 1 aromatic heterocycles. The summed E-state index contributed by atoms with van der Waals surface area (Å²) in [4.78, 5) is 15.2. The molecule has 2 aromatic rings. The fourth-order valence-corrected chi connectivity index (χ4v) is 4.57. The van der Waals surface area contributed by atoms with E-state index in [-0.39, 0.29) is 0 Å². The number of ether oxygens (including phenoxy) is 2. The van der Waals surface area contributed by atoms with Crippen LogP contribution in [0.5, 0.6) is 5.75 Å². The number of aliphatic hydroxyl groups is 1. The number of anilines is 1. The molecular weight excluding hydrogens is 406 g/mol. The molecule has 2 aliphatic heterocycles. The predicted molar refractivity (Wildman–Crippen MR) is 124 cm³/mol. The smallest absolute Gasteiger partial charge is 0.147 e. The molecule has 8 heteroatoms. The third-order valence-electron chi connectivity index (χ3n) is 6.15.